The van der Waals surface area contributed by atoms with Gasteiger partial charge in [0.05, 0.1) is 5.69 Å². The largest absolute Gasteiger partial charge is 0.482 e. The summed E-state index contributed by atoms with van der Waals surface area (Å²) in [6.07, 6.45) is 0. The quantitative estimate of drug-likeness (QED) is 0.791. The molecule has 0 atom stereocenters. The van der Waals surface area contributed by atoms with Gasteiger partial charge in [0.25, 0.3) is 5.91 Å². The molecule has 2 rings (SSSR count). The minimum atomic E-state index is -0.223. The van der Waals surface area contributed by atoms with Gasteiger partial charge in [-0.1, -0.05) is 29.8 Å². The summed E-state index contributed by atoms with van der Waals surface area (Å²) in [4.78, 5) is 27.7. The molecule has 1 aromatic rings. The number of ether oxygens (including phenoxy) is 1. The molecule has 24 heavy (non-hydrogen) atoms. The van der Waals surface area contributed by atoms with Crippen LogP contribution < -0.4 is 15.4 Å². The van der Waals surface area contributed by atoms with Crippen molar-refractivity contribution in [2.45, 2.75) is 13.8 Å². The van der Waals surface area contributed by atoms with Crippen molar-refractivity contribution >= 4 is 45.8 Å². The molecule has 0 bridgehead atoms. The van der Waals surface area contributed by atoms with E-state index in [9.17, 15) is 9.59 Å². The molecule has 0 aliphatic carbocycles. The molecule has 0 saturated heterocycles. The number of halogens is 2. The average Bonchev–Trinajstić information content (AvgIpc) is 2.49. The van der Waals surface area contributed by atoms with E-state index in [1.165, 1.54) is 4.90 Å². The van der Waals surface area contributed by atoms with E-state index >= 15 is 0 Å². The molecule has 1 aliphatic heterocycles. The smallest absolute Gasteiger partial charge is 0.265 e. The molecule has 1 aliphatic rings. The fraction of sp³-hybridized carbons (Fsp3) is 0.500. The first-order chi connectivity index (χ1) is 10.7. The molecular weight excluding hydrogens is 398 g/mol. The van der Waals surface area contributed by atoms with Crippen molar-refractivity contribution in [3.63, 3.8) is 0 Å². The molecule has 0 unspecified atom stereocenters. The number of benzene rings is 1. The molecular formula is C16H23BrClN3O3. The normalized spacial score (nSPS) is 13.7. The van der Waals surface area contributed by atoms with Gasteiger partial charge in [-0.3, -0.25) is 14.5 Å². The minimum Gasteiger partial charge on any atom is -0.482 e. The lowest BCUT2D eigenvalue weighted by molar-refractivity contribution is -0.131. The van der Waals surface area contributed by atoms with E-state index in [4.69, 9.17) is 10.5 Å². The summed E-state index contributed by atoms with van der Waals surface area (Å²) in [6, 6.07) is 5.38. The number of nitrogens with zero attached hydrogens (tertiary/aromatic N) is 2. The highest BCUT2D eigenvalue weighted by Crippen LogP contribution is 2.34. The van der Waals surface area contributed by atoms with E-state index in [0.717, 1.165) is 4.47 Å². The van der Waals surface area contributed by atoms with Crippen molar-refractivity contribution in [2.24, 2.45) is 11.1 Å². The zero-order valence-electron chi connectivity index (χ0n) is 14.0. The first-order valence-corrected chi connectivity index (χ1v) is 8.19. The Bertz CT molecular complexity index is 625. The van der Waals surface area contributed by atoms with Gasteiger partial charge in [0.1, 0.15) is 12.3 Å². The van der Waals surface area contributed by atoms with Crippen LogP contribution in [0.3, 0.4) is 0 Å². The second-order valence-corrected chi connectivity index (χ2v) is 7.41. The SMILES string of the molecule is CN(CC(C)(C)CN)C(=O)CN1C(=O)COc2cc(Br)ccc21.Cl. The van der Waals surface area contributed by atoms with Crippen molar-refractivity contribution in [2.75, 3.05) is 38.2 Å². The van der Waals surface area contributed by atoms with E-state index < -0.39 is 0 Å². The Morgan fingerprint density at radius 3 is 2.75 bits per heavy atom. The number of carbonyl (C=O) groups excluding carboxylic acids is 2. The van der Waals surface area contributed by atoms with Crippen molar-refractivity contribution in [1.82, 2.24) is 4.90 Å². The Hall–Kier alpha value is -1.31. The van der Waals surface area contributed by atoms with Crippen LogP contribution in [-0.2, 0) is 9.59 Å². The number of hydrogen-bond acceptors (Lipinski definition) is 4. The van der Waals surface area contributed by atoms with Crippen LogP contribution in [0.15, 0.2) is 22.7 Å². The molecule has 0 aromatic heterocycles. The summed E-state index contributed by atoms with van der Waals surface area (Å²) < 4.78 is 6.28. The van der Waals surface area contributed by atoms with E-state index in [1.807, 2.05) is 19.9 Å². The highest BCUT2D eigenvalue weighted by molar-refractivity contribution is 9.10. The van der Waals surface area contributed by atoms with Crippen LogP contribution in [0.5, 0.6) is 5.75 Å². The van der Waals surface area contributed by atoms with Crippen molar-refractivity contribution in [3.8, 4) is 5.75 Å². The lowest BCUT2D eigenvalue weighted by Gasteiger charge is -2.33. The molecule has 6 nitrogen and oxygen atoms in total. The van der Waals surface area contributed by atoms with Gasteiger partial charge < -0.3 is 15.4 Å². The Morgan fingerprint density at radius 1 is 1.46 bits per heavy atom. The van der Waals surface area contributed by atoms with E-state index in [0.29, 0.717) is 24.5 Å². The number of likely N-dealkylation sites (N-methyl/N-ethyl adjacent to an activating group) is 1. The number of hydrogen-bond donors (Lipinski definition) is 1. The van der Waals surface area contributed by atoms with Crippen molar-refractivity contribution in [3.05, 3.63) is 22.7 Å². The monoisotopic (exact) mass is 419 g/mol. The van der Waals surface area contributed by atoms with Crippen LogP contribution in [0.2, 0.25) is 0 Å². The average molecular weight is 421 g/mol. The number of rotatable bonds is 5. The predicted molar refractivity (Wildman–Crippen MR) is 99.7 cm³/mol. The number of carbonyl (C=O) groups is 2. The summed E-state index contributed by atoms with van der Waals surface area (Å²) in [6.45, 7) is 4.96. The summed E-state index contributed by atoms with van der Waals surface area (Å²) >= 11 is 3.37. The molecule has 8 heteroatoms. The second kappa shape index (κ2) is 8.18. The molecule has 0 saturated carbocycles. The third-order valence-corrected chi connectivity index (χ3v) is 4.30. The van der Waals surface area contributed by atoms with Crippen LogP contribution in [0.4, 0.5) is 5.69 Å². The zero-order chi connectivity index (χ0) is 17.2. The predicted octanol–water partition coefficient (Wildman–Crippen LogP) is 2.04. The summed E-state index contributed by atoms with van der Waals surface area (Å²) in [5.41, 5.74) is 6.17. The Morgan fingerprint density at radius 2 is 2.12 bits per heavy atom. The zero-order valence-corrected chi connectivity index (χ0v) is 16.4. The minimum absolute atomic E-state index is 0. The van der Waals surface area contributed by atoms with Gasteiger partial charge in [0, 0.05) is 18.1 Å². The first kappa shape index (κ1) is 20.7. The second-order valence-electron chi connectivity index (χ2n) is 6.50. The van der Waals surface area contributed by atoms with Crippen molar-refractivity contribution in [1.29, 1.82) is 0 Å². The molecule has 1 heterocycles. The maximum absolute atomic E-state index is 12.5. The lowest BCUT2D eigenvalue weighted by atomic mass is 9.93. The fourth-order valence-electron chi connectivity index (χ4n) is 2.40. The first-order valence-electron chi connectivity index (χ1n) is 7.40. The van der Waals surface area contributed by atoms with Gasteiger partial charge in [-0.2, -0.15) is 0 Å². The standard InChI is InChI=1S/C16H22BrN3O3.ClH/c1-16(2,9-18)10-19(3)14(21)7-20-12-5-4-11(17)6-13(12)23-8-15(20)22;/h4-6H,7-10,18H2,1-3H3;1H. The molecule has 1 aromatic carbocycles. The highest BCUT2D eigenvalue weighted by Gasteiger charge is 2.29. The van der Waals surface area contributed by atoms with Crippen LogP contribution in [0.25, 0.3) is 0 Å². The van der Waals surface area contributed by atoms with Gasteiger partial charge in [-0.25, -0.2) is 0 Å². The van der Waals surface area contributed by atoms with Gasteiger partial charge in [0.2, 0.25) is 5.91 Å². The third-order valence-electron chi connectivity index (χ3n) is 3.80. The number of anilines is 1. The van der Waals surface area contributed by atoms with E-state index in [2.05, 4.69) is 15.9 Å². The Labute approximate surface area is 156 Å². The van der Waals surface area contributed by atoms with Crippen LogP contribution in [0.1, 0.15) is 13.8 Å². The number of nitrogens with two attached hydrogens (primary N) is 1. The number of fused-ring (bicyclic) bond motifs is 1. The number of amides is 2. The van der Waals surface area contributed by atoms with Crippen molar-refractivity contribution < 1.29 is 14.3 Å². The van der Waals surface area contributed by atoms with Gasteiger partial charge in [0.15, 0.2) is 6.61 Å². The Kier molecular flexibility index (Phi) is 7.07. The molecule has 134 valence electrons. The van der Waals surface area contributed by atoms with Crippen LogP contribution in [-0.4, -0.2) is 50.0 Å². The Balaban J connectivity index is 0.00000288. The molecule has 0 spiro atoms. The molecule has 2 amide bonds. The van der Waals surface area contributed by atoms with Gasteiger partial charge in [-0.15, -0.1) is 12.4 Å². The third kappa shape index (κ3) is 4.84. The van der Waals surface area contributed by atoms with E-state index in [1.54, 1.807) is 24.1 Å². The summed E-state index contributed by atoms with van der Waals surface area (Å²) in [5.74, 6) is 0.243. The fourth-order valence-corrected chi connectivity index (χ4v) is 2.74. The lowest BCUT2D eigenvalue weighted by Crippen LogP contribution is -2.48. The van der Waals surface area contributed by atoms with Crippen LogP contribution >= 0.6 is 28.3 Å². The maximum Gasteiger partial charge on any atom is 0.265 e. The van der Waals surface area contributed by atoms with Crippen LogP contribution in [0, 0.1) is 5.41 Å². The van der Waals surface area contributed by atoms with Gasteiger partial charge in [-0.05, 0) is 30.2 Å². The molecule has 0 radical (unpaired) electrons. The summed E-state index contributed by atoms with van der Waals surface area (Å²) in [7, 11) is 1.73. The molecule has 0 fully saturated rings. The highest BCUT2D eigenvalue weighted by atomic mass is 79.9. The topological polar surface area (TPSA) is 75.9 Å². The van der Waals surface area contributed by atoms with E-state index in [-0.39, 0.29) is 42.8 Å². The summed E-state index contributed by atoms with van der Waals surface area (Å²) in [5, 5.41) is 0. The van der Waals surface area contributed by atoms with Gasteiger partial charge >= 0.3 is 0 Å². The maximum atomic E-state index is 12.5. The molecule has 2 N–H and O–H groups in total.